The molecule has 4 rings (SSSR count). The van der Waals surface area contributed by atoms with Crippen LogP contribution in [-0.2, 0) is 0 Å². The number of carbonyl (C=O) groups is 2. The van der Waals surface area contributed by atoms with Crippen molar-refractivity contribution in [1.82, 2.24) is 15.3 Å². The average molecular weight is 372 g/mol. The molecule has 0 atom stereocenters. The van der Waals surface area contributed by atoms with E-state index >= 15 is 0 Å². The van der Waals surface area contributed by atoms with Crippen LogP contribution >= 0.6 is 0 Å². The number of hydrogen-bond donors (Lipinski definition) is 2. The number of pyridine rings is 2. The Morgan fingerprint density at radius 2 is 1.79 bits per heavy atom. The molecular weight excluding hydrogens is 352 g/mol. The number of aryl methyl sites for hydroxylation is 1. The third-order valence-electron chi connectivity index (χ3n) is 4.52. The third kappa shape index (κ3) is 4.23. The molecule has 1 aromatic carbocycles. The van der Waals surface area contributed by atoms with Gasteiger partial charge in [0.25, 0.3) is 11.8 Å². The first kappa shape index (κ1) is 17.9. The second-order valence-electron chi connectivity index (χ2n) is 6.90. The van der Waals surface area contributed by atoms with Crippen molar-refractivity contribution in [3.05, 3.63) is 77.7 Å². The lowest BCUT2D eigenvalue weighted by Crippen LogP contribution is -2.25. The van der Waals surface area contributed by atoms with Crippen molar-refractivity contribution in [1.29, 1.82) is 0 Å². The summed E-state index contributed by atoms with van der Waals surface area (Å²) in [6, 6.07) is 14.6. The number of hydrogen-bond acceptors (Lipinski definition) is 4. The van der Waals surface area contributed by atoms with Gasteiger partial charge in [-0.25, -0.2) is 0 Å². The van der Waals surface area contributed by atoms with Gasteiger partial charge in [-0.1, -0.05) is 12.1 Å². The summed E-state index contributed by atoms with van der Waals surface area (Å²) in [5, 5.41) is 5.81. The van der Waals surface area contributed by atoms with Crippen LogP contribution in [0.25, 0.3) is 11.3 Å². The molecule has 0 bridgehead atoms. The molecule has 0 unspecified atom stereocenters. The summed E-state index contributed by atoms with van der Waals surface area (Å²) in [5.74, 6) is -0.318. The molecule has 0 aliphatic heterocycles. The van der Waals surface area contributed by atoms with E-state index < -0.39 is 0 Å². The lowest BCUT2D eigenvalue weighted by Gasteiger charge is -2.08. The van der Waals surface area contributed by atoms with Crippen LogP contribution in [0.3, 0.4) is 0 Å². The van der Waals surface area contributed by atoms with Crippen LogP contribution in [-0.4, -0.2) is 27.8 Å². The van der Waals surface area contributed by atoms with Crippen molar-refractivity contribution < 1.29 is 9.59 Å². The van der Waals surface area contributed by atoms with E-state index in [0.717, 1.165) is 24.1 Å². The summed E-state index contributed by atoms with van der Waals surface area (Å²) in [6.07, 6.45) is 5.32. The zero-order valence-electron chi connectivity index (χ0n) is 15.5. The number of nitrogens with zero attached hydrogens (tertiary/aromatic N) is 2. The molecule has 0 radical (unpaired) electrons. The van der Waals surface area contributed by atoms with Crippen LogP contribution < -0.4 is 10.6 Å². The molecule has 2 aromatic heterocycles. The Hall–Kier alpha value is -3.54. The summed E-state index contributed by atoms with van der Waals surface area (Å²) in [4.78, 5) is 33.4. The number of rotatable bonds is 5. The highest BCUT2D eigenvalue weighted by Gasteiger charge is 2.24. The number of amides is 2. The van der Waals surface area contributed by atoms with E-state index in [2.05, 4.69) is 20.6 Å². The van der Waals surface area contributed by atoms with Crippen molar-refractivity contribution in [3.8, 4) is 11.3 Å². The minimum atomic E-state index is -0.227. The summed E-state index contributed by atoms with van der Waals surface area (Å²) >= 11 is 0. The van der Waals surface area contributed by atoms with Crippen molar-refractivity contribution in [2.75, 3.05) is 5.32 Å². The SMILES string of the molecule is Cc1ccc(NC(=O)c2cccc(-c3cc(C(=O)NC4CC4)ccn3)c2)cn1. The van der Waals surface area contributed by atoms with Gasteiger partial charge in [0.2, 0.25) is 0 Å². The fraction of sp³-hybridized carbons (Fsp3) is 0.182. The van der Waals surface area contributed by atoms with Gasteiger partial charge < -0.3 is 10.6 Å². The monoisotopic (exact) mass is 372 g/mol. The molecular formula is C22H20N4O2. The molecule has 1 aliphatic carbocycles. The highest BCUT2D eigenvalue weighted by atomic mass is 16.2. The van der Waals surface area contributed by atoms with E-state index in [-0.39, 0.29) is 11.8 Å². The van der Waals surface area contributed by atoms with Crippen molar-refractivity contribution >= 4 is 17.5 Å². The zero-order chi connectivity index (χ0) is 19.5. The Morgan fingerprint density at radius 3 is 2.54 bits per heavy atom. The Morgan fingerprint density at radius 1 is 0.964 bits per heavy atom. The van der Waals surface area contributed by atoms with Gasteiger partial charge in [0.15, 0.2) is 0 Å². The molecule has 3 aromatic rings. The molecule has 6 nitrogen and oxygen atoms in total. The Balaban J connectivity index is 1.53. The summed E-state index contributed by atoms with van der Waals surface area (Å²) in [6.45, 7) is 1.89. The molecule has 140 valence electrons. The molecule has 6 heteroatoms. The summed E-state index contributed by atoms with van der Waals surface area (Å²) < 4.78 is 0. The first-order valence-corrected chi connectivity index (χ1v) is 9.20. The average Bonchev–Trinajstić information content (AvgIpc) is 3.54. The van der Waals surface area contributed by atoms with E-state index in [9.17, 15) is 9.59 Å². The smallest absolute Gasteiger partial charge is 0.255 e. The number of anilines is 1. The normalized spacial score (nSPS) is 13.0. The van der Waals surface area contributed by atoms with Gasteiger partial charge in [0, 0.05) is 34.6 Å². The molecule has 2 heterocycles. The maximum Gasteiger partial charge on any atom is 0.255 e. The molecule has 2 amide bonds. The summed E-state index contributed by atoms with van der Waals surface area (Å²) in [5.41, 5.74) is 4.02. The molecule has 1 saturated carbocycles. The van der Waals surface area contributed by atoms with Crippen molar-refractivity contribution in [2.45, 2.75) is 25.8 Å². The van der Waals surface area contributed by atoms with Crippen LogP contribution in [0.2, 0.25) is 0 Å². The molecule has 0 saturated heterocycles. The molecule has 1 fully saturated rings. The first-order chi connectivity index (χ1) is 13.6. The molecule has 2 N–H and O–H groups in total. The zero-order valence-corrected chi connectivity index (χ0v) is 15.5. The first-order valence-electron chi connectivity index (χ1n) is 9.20. The van der Waals surface area contributed by atoms with E-state index in [1.807, 2.05) is 25.1 Å². The van der Waals surface area contributed by atoms with Gasteiger partial charge in [-0.3, -0.25) is 19.6 Å². The van der Waals surface area contributed by atoms with Gasteiger partial charge in [-0.2, -0.15) is 0 Å². The van der Waals surface area contributed by atoms with Gasteiger partial charge in [-0.05, 0) is 56.2 Å². The van der Waals surface area contributed by atoms with Gasteiger partial charge >= 0.3 is 0 Å². The van der Waals surface area contributed by atoms with E-state index in [0.29, 0.717) is 28.6 Å². The highest BCUT2D eigenvalue weighted by molar-refractivity contribution is 6.05. The number of carbonyl (C=O) groups excluding carboxylic acids is 2. The van der Waals surface area contributed by atoms with Crippen LogP contribution in [0.5, 0.6) is 0 Å². The van der Waals surface area contributed by atoms with Gasteiger partial charge in [0.1, 0.15) is 0 Å². The van der Waals surface area contributed by atoms with Crippen LogP contribution in [0.1, 0.15) is 39.3 Å². The minimum Gasteiger partial charge on any atom is -0.349 e. The fourth-order valence-corrected chi connectivity index (χ4v) is 2.79. The maximum absolute atomic E-state index is 12.6. The Labute approximate surface area is 163 Å². The van der Waals surface area contributed by atoms with Crippen LogP contribution in [0.15, 0.2) is 60.9 Å². The molecule has 0 spiro atoms. The molecule has 1 aliphatic rings. The van der Waals surface area contributed by atoms with Crippen molar-refractivity contribution in [3.63, 3.8) is 0 Å². The minimum absolute atomic E-state index is 0.0908. The standard InChI is InChI=1S/C22H20N4O2/c1-14-5-6-19(13-24-14)26-21(27)16-4-2-3-15(11-16)20-12-17(9-10-23-20)22(28)25-18-7-8-18/h2-6,9-13,18H,7-8H2,1H3,(H,25,28)(H,26,27). The second-order valence-corrected chi connectivity index (χ2v) is 6.90. The lowest BCUT2D eigenvalue weighted by atomic mass is 10.1. The van der Waals surface area contributed by atoms with Crippen LogP contribution in [0.4, 0.5) is 5.69 Å². The number of aromatic nitrogens is 2. The number of benzene rings is 1. The van der Waals surface area contributed by atoms with Gasteiger partial charge in [-0.15, -0.1) is 0 Å². The summed E-state index contributed by atoms with van der Waals surface area (Å²) in [7, 11) is 0. The predicted octanol–water partition coefficient (Wildman–Crippen LogP) is 3.60. The Kier molecular flexibility index (Phi) is 4.85. The van der Waals surface area contributed by atoms with E-state index in [4.69, 9.17) is 0 Å². The second kappa shape index (κ2) is 7.60. The predicted molar refractivity (Wildman–Crippen MR) is 107 cm³/mol. The highest BCUT2D eigenvalue weighted by Crippen LogP contribution is 2.22. The number of nitrogens with one attached hydrogen (secondary N) is 2. The van der Waals surface area contributed by atoms with Gasteiger partial charge in [0.05, 0.1) is 17.6 Å². The molecule has 28 heavy (non-hydrogen) atoms. The van der Waals surface area contributed by atoms with E-state index in [1.165, 1.54) is 0 Å². The lowest BCUT2D eigenvalue weighted by molar-refractivity contribution is 0.0950. The largest absolute Gasteiger partial charge is 0.349 e. The Bertz CT molecular complexity index is 1030. The van der Waals surface area contributed by atoms with Crippen LogP contribution in [0, 0.1) is 6.92 Å². The third-order valence-corrected chi connectivity index (χ3v) is 4.52. The van der Waals surface area contributed by atoms with E-state index in [1.54, 1.807) is 42.7 Å². The maximum atomic E-state index is 12.6. The fourth-order valence-electron chi connectivity index (χ4n) is 2.79. The quantitative estimate of drug-likeness (QED) is 0.717. The van der Waals surface area contributed by atoms with Crippen molar-refractivity contribution in [2.24, 2.45) is 0 Å². The topological polar surface area (TPSA) is 84.0 Å².